The first-order chi connectivity index (χ1) is 9.52. The Morgan fingerprint density at radius 3 is 2.25 bits per heavy atom. The topological polar surface area (TPSA) is 89.9 Å². The fourth-order valence-corrected chi connectivity index (χ4v) is 3.37. The quantitative estimate of drug-likeness (QED) is 0.726. The molecular weight excluding hydrogens is 260 g/mol. The molecule has 2 rings (SSSR count). The van der Waals surface area contributed by atoms with Crippen molar-refractivity contribution in [3.8, 4) is 0 Å². The Labute approximate surface area is 119 Å². The average Bonchev–Trinajstić information content (AvgIpc) is 2.46. The minimum absolute atomic E-state index is 0.240. The third-order valence-electron chi connectivity index (χ3n) is 4.76. The van der Waals surface area contributed by atoms with Crippen molar-refractivity contribution in [1.82, 2.24) is 10.2 Å². The number of rotatable bonds is 3. The minimum Gasteiger partial charge on any atom is -0.479 e. The first-order valence-corrected chi connectivity index (χ1v) is 7.46. The van der Waals surface area contributed by atoms with E-state index < -0.39 is 12.1 Å². The van der Waals surface area contributed by atoms with Crippen LogP contribution in [-0.2, 0) is 4.79 Å². The molecule has 2 amide bonds. The second-order valence-electron chi connectivity index (χ2n) is 6.09. The number of hydrogen-bond acceptors (Lipinski definition) is 3. The number of nitrogens with one attached hydrogen (secondary N) is 1. The summed E-state index contributed by atoms with van der Waals surface area (Å²) in [7, 11) is 0. The summed E-state index contributed by atoms with van der Waals surface area (Å²) in [6.45, 7) is 1.22. The van der Waals surface area contributed by atoms with Gasteiger partial charge in [0, 0.05) is 13.1 Å². The molecule has 1 saturated heterocycles. The van der Waals surface area contributed by atoms with Crippen LogP contribution in [0.5, 0.6) is 0 Å². The highest BCUT2D eigenvalue weighted by molar-refractivity contribution is 5.76. The number of piperidine rings is 1. The molecule has 1 aliphatic carbocycles. The van der Waals surface area contributed by atoms with Gasteiger partial charge in [-0.1, -0.05) is 19.3 Å². The molecule has 3 N–H and O–H groups in total. The lowest BCUT2D eigenvalue weighted by Crippen LogP contribution is -2.49. The molecule has 1 aliphatic heterocycles. The zero-order valence-electron chi connectivity index (χ0n) is 11.8. The van der Waals surface area contributed by atoms with E-state index in [-0.39, 0.29) is 12.6 Å². The van der Waals surface area contributed by atoms with E-state index in [0.29, 0.717) is 5.41 Å². The largest absolute Gasteiger partial charge is 0.479 e. The van der Waals surface area contributed by atoms with Crippen LogP contribution in [0, 0.1) is 5.41 Å². The summed E-state index contributed by atoms with van der Waals surface area (Å²) >= 11 is 0. The van der Waals surface area contributed by atoms with Crippen molar-refractivity contribution in [2.45, 2.75) is 51.0 Å². The molecular formula is C14H24N2O4. The molecule has 6 heteroatoms. The fourth-order valence-electron chi connectivity index (χ4n) is 3.37. The Morgan fingerprint density at radius 2 is 1.70 bits per heavy atom. The molecule has 0 bridgehead atoms. The molecule has 0 aromatic heterocycles. The summed E-state index contributed by atoms with van der Waals surface area (Å²) < 4.78 is 0. The van der Waals surface area contributed by atoms with Gasteiger partial charge in [0.2, 0.25) is 0 Å². The highest BCUT2D eigenvalue weighted by atomic mass is 16.4. The van der Waals surface area contributed by atoms with Gasteiger partial charge in [-0.15, -0.1) is 0 Å². The van der Waals surface area contributed by atoms with E-state index in [4.69, 9.17) is 10.2 Å². The van der Waals surface area contributed by atoms with Gasteiger partial charge in [-0.2, -0.15) is 0 Å². The Morgan fingerprint density at radius 1 is 1.10 bits per heavy atom. The molecule has 2 fully saturated rings. The van der Waals surface area contributed by atoms with Crippen molar-refractivity contribution in [2.75, 3.05) is 19.6 Å². The maximum Gasteiger partial charge on any atom is 0.334 e. The van der Waals surface area contributed by atoms with E-state index in [2.05, 4.69) is 5.32 Å². The summed E-state index contributed by atoms with van der Waals surface area (Å²) in [4.78, 5) is 24.1. The highest BCUT2D eigenvalue weighted by Gasteiger charge is 2.36. The first kappa shape index (κ1) is 15.1. The lowest BCUT2D eigenvalue weighted by atomic mass is 9.68. The van der Waals surface area contributed by atoms with Gasteiger partial charge in [0.05, 0.1) is 6.54 Å². The molecule has 114 valence electrons. The number of aliphatic hydroxyl groups is 1. The van der Waals surface area contributed by atoms with Crippen LogP contribution < -0.4 is 5.32 Å². The number of aliphatic hydroxyl groups excluding tert-OH is 1. The molecule has 1 unspecified atom stereocenters. The standard InChI is InChI=1S/C14H24N2O4/c17-11(12(18)19)10-15-13(20)16-8-6-14(7-9-16)4-2-1-3-5-14/h11,17H,1-10H2,(H,15,20)(H,18,19). The zero-order chi connectivity index (χ0) is 14.6. The van der Waals surface area contributed by atoms with Crippen molar-refractivity contribution in [3.05, 3.63) is 0 Å². The lowest BCUT2D eigenvalue weighted by molar-refractivity contribution is -0.146. The summed E-state index contributed by atoms with van der Waals surface area (Å²) in [5.74, 6) is -1.31. The number of amides is 2. The van der Waals surface area contributed by atoms with E-state index in [9.17, 15) is 9.59 Å². The summed E-state index contributed by atoms with van der Waals surface area (Å²) in [6, 6.07) is -0.268. The van der Waals surface area contributed by atoms with Crippen LogP contribution in [0.3, 0.4) is 0 Å². The number of hydrogen-bond donors (Lipinski definition) is 3. The van der Waals surface area contributed by atoms with Crippen molar-refractivity contribution >= 4 is 12.0 Å². The van der Waals surface area contributed by atoms with Crippen LogP contribution in [-0.4, -0.2) is 52.9 Å². The molecule has 2 aliphatic rings. The maximum atomic E-state index is 11.9. The normalized spacial score (nSPS) is 23.4. The minimum atomic E-state index is -1.53. The van der Waals surface area contributed by atoms with E-state index in [1.54, 1.807) is 4.90 Å². The van der Waals surface area contributed by atoms with Gasteiger partial charge in [0.25, 0.3) is 0 Å². The van der Waals surface area contributed by atoms with Gasteiger partial charge < -0.3 is 20.4 Å². The van der Waals surface area contributed by atoms with Crippen molar-refractivity contribution < 1.29 is 19.8 Å². The van der Waals surface area contributed by atoms with Gasteiger partial charge in [-0.3, -0.25) is 0 Å². The van der Waals surface area contributed by atoms with Gasteiger partial charge in [0.15, 0.2) is 6.10 Å². The summed E-state index contributed by atoms with van der Waals surface area (Å²) in [6.07, 6.45) is 7.05. The molecule has 0 aromatic carbocycles. The van der Waals surface area contributed by atoms with E-state index in [0.717, 1.165) is 25.9 Å². The van der Waals surface area contributed by atoms with Crippen LogP contribution in [0.2, 0.25) is 0 Å². The molecule has 1 saturated carbocycles. The van der Waals surface area contributed by atoms with Crippen LogP contribution in [0.25, 0.3) is 0 Å². The number of urea groups is 1. The van der Waals surface area contributed by atoms with Crippen molar-refractivity contribution in [2.24, 2.45) is 5.41 Å². The SMILES string of the molecule is O=C(O)C(O)CNC(=O)N1CCC2(CCCCC2)CC1. The first-order valence-electron chi connectivity index (χ1n) is 7.46. The van der Waals surface area contributed by atoms with Crippen LogP contribution in [0.4, 0.5) is 4.79 Å². The maximum absolute atomic E-state index is 11.9. The van der Waals surface area contributed by atoms with Gasteiger partial charge in [0.1, 0.15) is 0 Å². The second kappa shape index (κ2) is 6.43. The lowest BCUT2D eigenvalue weighted by Gasteiger charge is -2.44. The molecule has 1 heterocycles. The molecule has 0 aromatic rings. The Balaban J connectivity index is 1.75. The molecule has 0 radical (unpaired) electrons. The molecule has 1 atom stereocenters. The Kier molecular flexibility index (Phi) is 4.86. The Bertz CT molecular complexity index is 356. The predicted molar refractivity (Wildman–Crippen MR) is 73.4 cm³/mol. The second-order valence-corrected chi connectivity index (χ2v) is 6.09. The van der Waals surface area contributed by atoms with Crippen molar-refractivity contribution in [3.63, 3.8) is 0 Å². The third kappa shape index (κ3) is 3.62. The summed E-state index contributed by atoms with van der Waals surface area (Å²) in [5.41, 5.74) is 0.440. The van der Waals surface area contributed by atoms with Crippen LogP contribution >= 0.6 is 0 Å². The number of carboxylic acid groups (broad SMARTS) is 1. The Hall–Kier alpha value is -1.30. The predicted octanol–water partition coefficient (Wildman–Crippen LogP) is 1.19. The number of aliphatic carboxylic acids is 1. The molecule has 1 spiro atoms. The van der Waals surface area contributed by atoms with Crippen molar-refractivity contribution in [1.29, 1.82) is 0 Å². The monoisotopic (exact) mass is 284 g/mol. The van der Waals surface area contributed by atoms with Gasteiger partial charge in [-0.25, -0.2) is 9.59 Å². The number of likely N-dealkylation sites (tertiary alicyclic amines) is 1. The number of carboxylic acids is 1. The number of carbonyl (C=O) groups excluding carboxylic acids is 1. The van der Waals surface area contributed by atoms with E-state index in [1.807, 2.05) is 0 Å². The van der Waals surface area contributed by atoms with Gasteiger partial charge >= 0.3 is 12.0 Å². The van der Waals surface area contributed by atoms with E-state index in [1.165, 1.54) is 32.1 Å². The smallest absolute Gasteiger partial charge is 0.334 e. The van der Waals surface area contributed by atoms with E-state index >= 15 is 0 Å². The zero-order valence-corrected chi connectivity index (χ0v) is 11.8. The third-order valence-corrected chi connectivity index (χ3v) is 4.76. The number of nitrogens with zero attached hydrogens (tertiary/aromatic N) is 1. The van der Waals surface area contributed by atoms with Gasteiger partial charge in [-0.05, 0) is 31.1 Å². The average molecular weight is 284 g/mol. The summed E-state index contributed by atoms with van der Waals surface area (Å²) in [5, 5.41) is 20.2. The molecule has 20 heavy (non-hydrogen) atoms. The fraction of sp³-hybridized carbons (Fsp3) is 0.857. The highest BCUT2D eigenvalue weighted by Crippen LogP contribution is 2.44. The van der Waals surface area contributed by atoms with Crippen LogP contribution in [0.15, 0.2) is 0 Å². The van der Waals surface area contributed by atoms with Crippen LogP contribution in [0.1, 0.15) is 44.9 Å². The number of carbonyl (C=O) groups is 2. The molecule has 6 nitrogen and oxygen atoms in total.